The monoisotopic (exact) mass is 195 g/mol. The van der Waals surface area contributed by atoms with Crippen molar-refractivity contribution in [2.75, 3.05) is 20.3 Å². The molecule has 0 aromatic heterocycles. The zero-order valence-corrected chi connectivity index (χ0v) is 9.04. The summed E-state index contributed by atoms with van der Waals surface area (Å²) in [6.07, 6.45) is 5.80. The van der Waals surface area contributed by atoms with E-state index in [0.29, 0.717) is 0 Å². The van der Waals surface area contributed by atoms with Crippen LogP contribution in [0.25, 0.3) is 0 Å². The lowest BCUT2D eigenvalue weighted by atomic mass is 9.85. The van der Waals surface area contributed by atoms with E-state index in [1.807, 2.05) is 0 Å². The lowest BCUT2D eigenvalue weighted by Gasteiger charge is -2.29. The van der Waals surface area contributed by atoms with E-state index in [1.165, 1.54) is 25.7 Å². The topological polar surface area (TPSA) is 21.3 Å². The molecule has 14 heavy (non-hydrogen) atoms. The first-order valence-electron chi connectivity index (χ1n) is 6.13. The van der Waals surface area contributed by atoms with Crippen molar-refractivity contribution in [1.29, 1.82) is 0 Å². The van der Waals surface area contributed by atoms with Crippen LogP contribution in [0.1, 0.15) is 25.7 Å². The molecule has 0 amide bonds. The summed E-state index contributed by atoms with van der Waals surface area (Å²) in [5.41, 5.74) is 0. The molecule has 0 aromatic carbocycles. The minimum atomic E-state index is 0.741. The Morgan fingerprint density at radius 2 is 1.93 bits per heavy atom. The van der Waals surface area contributed by atoms with Crippen LogP contribution in [-0.4, -0.2) is 26.3 Å². The van der Waals surface area contributed by atoms with Gasteiger partial charge < -0.3 is 10.1 Å². The number of hydrogen-bond acceptors (Lipinski definition) is 2. The van der Waals surface area contributed by atoms with E-state index in [-0.39, 0.29) is 0 Å². The van der Waals surface area contributed by atoms with Crippen LogP contribution in [0.3, 0.4) is 0 Å². The van der Waals surface area contributed by atoms with Gasteiger partial charge in [-0.3, -0.25) is 0 Å². The van der Waals surface area contributed by atoms with Crippen molar-refractivity contribution >= 4 is 0 Å². The van der Waals surface area contributed by atoms with E-state index in [0.717, 1.165) is 42.9 Å². The second kappa shape index (κ2) is 3.49. The molecule has 2 aliphatic carbocycles. The first-order chi connectivity index (χ1) is 6.88. The Kier molecular flexibility index (Phi) is 2.29. The number of nitrogens with one attached hydrogen (secondary N) is 1. The fraction of sp³-hybridized carbons (Fsp3) is 1.00. The van der Waals surface area contributed by atoms with Gasteiger partial charge in [0.1, 0.15) is 0 Å². The van der Waals surface area contributed by atoms with Gasteiger partial charge in [0.25, 0.3) is 0 Å². The lowest BCUT2D eigenvalue weighted by molar-refractivity contribution is 0.165. The Morgan fingerprint density at radius 1 is 1.14 bits per heavy atom. The number of hydrogen-bond donors (Lipinski definition) is 1. The molecule has 3 rings (SSSR count). The summed E-state index contributed by atoms with van der Waals surface area (Å²) in [4.78, 5) is 0. The predicted molar refractivity (Wildman–Crippen MR) is 56.1 cm³/mol. The van der Waals surface area contributed by atoms with Crippen LogP contribution in [0.2, 0.25) is 0 Å². The van der Waals surface area contributed by atoms with E-state index < -0.39 is 0 Å². The van der Waals surface area contributed by atoms with Gasteiger partial charge in [0.05, 0.1) is 6.61 Å². The molecule has 1 heterocycles. The minimum absolute atomic E-state index is 0.741. The summed E-state index contributed by atoms with van der Waals surface area (Å²) >= 11 is 0. The molecule has 1 N–H and O–H groups in total. The molecule has 3 aliphatic rings. The Morgan fingerprint density at radius 3 is 2.50 bits per heavy atom. The van der Waals surface area contributed by atoms with Crippen LogP contribution < -0.4 is 5.32 Å². The number of ether oxygens (including phenoxy) is 1. The maximum absolute atomic E-state index is 5.50. The molecule has 0 spiro atoms. The summed E-state index contributed by atoms with van der Waals surface area (Å²) in [5, 5.41) is 3.55. The zero-order valence-electron chi connectivity index (χ0n) is 9.04. The largest absolute Gasteiger partial charge is 0.381 e. The Balaban J connectivity index is 1.61. The molecule has 2 heteroatoms. The maximum atomic E-state index is 5.50. The van der Waals surface area contributed by atoms with Crippen molar-refractivity contribution in [2.45, 2.75) is 31.7 Å². The fourth-order valence-corrected chi connectivity index (χ4v) is 3.75. The Labute approximate surface area is 86.4 Å². The van der Waals surface area contributed by atoms with Crippen molar-refractivity contribution in [3.8, 4) is 0 Å². The highest BCUT2D eigenvalue weighted by atomic mass is 16.5. The standard InChI is InChI=1S/C12H21NO/c1-13-12(8-2-3-14-7-8)11-5-9-4-10(9)6-11/h8-13H,2-7H2,1H3. The molecule has 3 fully saturated rings. The van der Waals surface area contributed by atoms with Crippen LogP contribution in [-0.2, 0) is 4.74 Å². The second-order valence-corrected chi connectivity index (χ2v) is 5.43. The molecule has 1 saturated heterocycles. The van der Waals surface area contributed by atoms with Gasteiger partial charge in [-0.15, -0.1) is 0 Å². The number of rotatable bonds is 3. The average Bonchev–Trinajstić information content (AvgIpc) is 2.70. The first-order valence-corrected chi connectivity index (χ1v) is 6.13. The van der Waals surface area contributed by atoms with Crippen molar-refractivity contribution in [3.05, 3.63) is 0 Å². The highest BCUT2D eigenvalue weighted by Crippen LogP contribution is 2.55. The van der Waals surface area contributed by atoms with Gasteiger partial charge in [-0.05, 0) is 50.5 Å². The molecule has 2 saturated carbocycles. The maximum Gasteiger partial charge on any atom is 0.0510 e. The van der Waals surface area contributed by atoms with Crippen LogP contribution in [0, 0.1) is 23.7 Å². The zero-order chi connectivity index (χ0) is 9.54. The van der Waals surface area contributed by atoms with E-state index >= 15 is 0 Å². The van der Waals surface area contributed by atoms with Crippen LogP contribution in [0.15, 0.2) is 0 Å². The molecule has 0 aromatic rings. The third-order valence-electron chi connectivity index (χ3n) is 4.59. The van der Waals surface area contributed by atoms with Gasteiger partial charge in [0.2, 0.25) is 0 Å². The van der Waals surface area contributed by atoms with Crippen LogP contribution in [0.5, 0.6) is 0 Å². The van der Waals surface area contributed by atoms with Crippen molar-refractivity contribution in [3.63, 3.8) is 0 Å². The normalized spacial score (nSPS) is 47.8. The summed E-state index contributed by atoms with van der Waals surface area (Å²) in [6, 6.07) is 0.741. The lowest BCUT2D eigenvalue weighted by Crippen LogP contribution is -2.40. The molecular formula is C12H21NO. The van der Waals surface area contributed by atoms with Gasteiger partial charge in [-0.2, -0.15) is 0 Å². The van der Waals surface area contributed by atoms with Gasteiger partial charge >= 0.3 is 0 Å². The Hall–Kier alpha value is -0.0800. The summed E-state index contributed by atoms with van der Waals surface area (Å²) < 4.78 is 5.50. The van der Waals surface area contributed by atoms with Crippen LogP contribution in [0.4, 0.5) is 0 Å². The molecule has 80 valence electrons. The third kappa shape index (κ3) is 1.49. The summed E-state index contributed by atoms with van der Waals surface area (Å²) in [5.74, 6) is 3.97. The van der Waals surface area contributed by atoms with E-state index in [1.54, 1.807) is 0 Å². The van der Waals surface area contributed by atoms with E-state index in [4.69, 9.17) is 4.74 Å². The van der Waals surface area contributed by atoms with Crippen LogP contribution >= 0.6 is 0 Å². The Bertz CT molecular complexity index is 202. The molecule has 4 atom stereocenters. The van der Waals surface area contributed by atoms with Crippen molar-refractivity contribution in [1.82, 2.24) is 5.32 Å². The first kappa shape index (κ1) is 9.17. The molecule has 0 bridgehead atoms. The van der Waals surface area contributed by atoms with Crippen molar-refractivity contribution < 1.29 is 4.74 Å². The average molecular weight is 195 g/mol. The van der Waals surface area contributed by atoms with Gasteiger partial charge in [-0.1, -0.05) is 0 Å². The quantitative estimate of drug-likeness (QED) is 0.739. The fourth-order valence-electron chi connectivity index (χ4n) is 3.75. The molecule has 4 unspecified atom stereocenters. The molecule has 0 radical (unpaired) electrons. The van der Waals surface area contributed by atoms with E-state index in [9.17, 15) is 0 Å². The summed E-state index contributed by atoms with van der Waals surface area (Å²) in [7, 11) is 2.13. The molecular weight excluding hydrogens is 174 g/mol. The highest BCUT2D eigenvalue weighted by Gasteiger charge is 2.48. The van der Waals surface area contributed by atoms with Gasteiger partial charge in [0, 0.05) is 18.6 Å². The highest BCUT2D eigenvalue weighted by molar-refractivity contribution is 5.00. The molecule has 2 nitrogen and oxygen atoms in total. The number of fused-ring (bicyclic) bond motifs is 1. The van der Waals surface area contributed by atoms with Gasteiger partial charge in [0.15, 0.2) is 0 Å². The third-order valence-corrected chi connectivity index (χ3v) is 4.59. The smallest absolute Gasteiger partial charge is 0.0510 e. The molecule has 1 aliphatic heterocycles. The van der Waals surface area contributed by atoms with Crippen molar-refractivity contribution in [2.24, 2.45) is 23.7 Å². The minimum Gasteiger partial charge on any atom is -0.381 e. The van der Waals surface area contributed by atoms with Gasteiger partial charge in [-0.25, -0.2) is 0 Å². The summed E-state index contributed by atoms with van der Waals surface area (Å²) in [6.45, 7) is 1.99. The SMILES string of the molecule is CNC(C1CCOC1)C1CC2CC2C1. The second-order valence-electron chi connectivity index (χ2n) is 5.43. The van der Waals surface area contributed by atoms with E-state index in [2.05, 4.69) is 12.4 Å². The predicted octanol–water partition coefficient (Wildman–Crippen LogP) is 1.66.